The van der Waals surface area contributed by atoms with Crippen molar-refractivity contribution in [1.82, 2.24) is 5.32 Å². The molecule has 1 aliphatic rings. The number of hydrogen-bond acceptors (Lipinski definition) is 3. The van der Waals surface area contributed by atoms with E-state index in [1.807, 2.05) is 75.4 Å². The molecule has 0 unspecified atom stereocenters. The fraction of sp³-hybridized carbons (Fsp3) is 0.286. The molecule has 0 saturated carbocycles. The summed E-state index contributed by atoms with van der Waals surface area (Å²) in [6.07, 6.45) is 2.24. The highest BCUT2D eigenvalue weighted by molar-refractivity contribution is 6.04. The van der Waals surface area contributed by atoms with Crippen molar-refractivity contribution in [2.45, 2.75) is 40.2 Å². The van der Waals surface area contributed by atoms with Crippen LogP contribution in [0.3, 0.4) is 0 Å². The average molecular weight is 457 g/mol. The van der Waals surface area contributed by atoms with E-state index in [9.17, 15) is 9.59 Å². The van der Waals surface area contributed by atoms with Gasteiger partial charge < -0.3 is 20.9 Å². The van der Waals surface area contributed by atoms with Crippen LogP contribution < -0.4 is 20.9 Å². The van der Waals surface area contributed by atoms with Crippen LogP contribution in [0.5, 0.6) is 0 Å². The Hall–Kier alpha value is -3.80. The van der Waals surface area contributed by atoms with Crippen molar-refractivity contribution >= 4 is 29.0 Å². The third-order valence-corrected chi connectivity index (χ3v) is 6.38. The van der Waals surface area contributed by atoms with Crippen LogP contribution in [0.2, 0.25) is 0 Å². The zero-order valence-corrected chi connectivity index (χ0v) is 20.1. The van der Waals surface area contributed by atoms with Crippen LogP contribution in [0.25, 0.3) is 0 Å². The summed E-state index contributed by atoms with van der Waals surface area (Å²) in [7, 11) is 0. The minimum atomic E-state index is -0.327. The molecule has 1 heterocycles. The van der Waals surface area contributed by atoms with Crippen LogP contribution >= 0.6 is 0 Å². The van der Waals surface area contributed by atoms with Crippen molar-refractivity contribution in [3.63, 3.8) is 0 Å². The van der Waals surface area contributed by atoms with Crippen LogP contribution in [0.4, 0.5) is 21.9 Å². The number of amides is 3. The fourth-order valence-corrected chi connectivity index (χ4v) is 4.16. The molecule has 3 N–H and O–H groups in total. The van der Waals surface area contributed by atoms with Gasteiger partial charge in [0.15, 0.2) is 0 Å². The van der Waals surface area contributed by atoms with Gasteiger partial charge in [0.1, 0.15) is 0 Å². The fourth-order valence-electron chi connectivity index (χ4n) is 4.16. The molecule has 4 rings (SSSR count). The van der Waals surface area contributed by atoms with Crippen molar-refractivity contribution in [3.8, 4) is 0 Å². The molecule has 0 aliphatic carbocycles. The molecular formula is C28H32N4O2. The Labute approximate surface area is 201 Å². The lowest BCUT2D eigenvalue weighted by atomic mass is 10.1. The average Bonchev–Trinajstić information content (AvgIpc) is 3.36. The maximum atomic E-state index is 12.9. The Kier molecular flexibility index (Phi) is 7.16. The van der Waals surface area contributed by atoms with E-state index in [1.54, 1.807) is 6.07 Å². The normalized spacial score (nSPS) is 13.0. The number of anilines is 3. The van der Waals surface area contributed by atoms with Gasteiger partial charge in [0.2, 0.25) is 0 Å². The first-order valence-corrected chi connectivity index (χ1v) is 11.8. The number of benzene rings is 3. The number of carbonyl (C=O) groups excluding carboxylic acids is 2. The standard InChI is InChI=1S/C28H32N4O2/c1-19-9-11-22(12-10-19)18-29-27(33)23-13-14-26(32-15-4-5-16-32)25(17-23)31-28(34)30-24-8-6-7-20(2)21(24)3/h6-14,17H,4-5,15-16,18H2,1-3H3,(H,29,33)(H2,30,31,34). The van der Waals surface area contributed by atoms with E-state index >= 15 is 0 Å². The zero-order chi connectivity index (χ0) is 24.1. The lowest BCUT2D eigenvalue weighted by Crippen LogP contribution is -2.26. The largest absolute Gasteiger partial charge is 0.370 e. The highest BCUT2D eigenvalue weighted by Crippen LogP contribution is 2.30. The molecule has 0 aromatic heterocycles. The molecule has 0 radical (unpaired) electrons. The third-order valence-electron chi connectivity index (χ3n) is 6.38. The molecule has 1 saturated heterocycles. The van der Waals surface area contributed by atoms with Crippen molar-refractivity contribution in [2.24, 2.45) is 0 Å². The van der Waals surface area contributed by atoms with Gasteiger partial charge in [-0.05, 0) is 74.6 Å². The summed E-state index contributed by atoms with van der Waals surface area (Å²) >= 11 is 0. The number of carbonyl (C=O) groups is 2. The minimum Gasteiger partial charge on any atom is -0.370 e. The van der Waals surface area contributed by atoms with Crippen molar-refractivity contribution < 1.29 is 9.59 Å². The second-order valence-corrected chi connectivity index (χ2v) is 8.92. The molecule has 3 aromatic carbocycles. The van der Waals surface area contributed by atoms with E-state index in [1.165, 1.54) is 5.56 Å². The second-order valence-electron chi connectivity index (χ2n) is 8.92. The first-order valence-electron chi connectivity index (χ1n) is 11.8. The van der Waals surface area contributed by atoms with Crippen molar-refractivity contribution in [2.75, 3.05) is 28.6 Å². The first kappa shape index (κ1) is 23.4. The van der Waals surface area contributed by atoms with E-state index in [2.05, 4.69) is 20.9 Å². The van der Waals surface area contributed by atoms with Gasteiger partial charge in [0.25, 0.3) is 5.91 Å². The zero-order valence-electron chi connectivity index (χ0n) is 20.1. The van der Waals surface area contributed by atoms with Crippen LogP contribution in [-0.4, -0.2) is 25.0 Å². The molecular weight excluding hydrogens is 424 g/mol. The summed E-state index contributed by atoms with van der Waals surface area (Å²) in [4.78, 5) is 28.0. The number of urea groups is 1. The Morgan fingerprint density at radius 3 is 2.29 bits per heavy atom. The van der Waals surface area contributed by atoms with Crippen LogP contribution in [-0.2, 0) is 6.54 Å². The van der Waals surface area contributed by atoms with Gasteiger partial charge in [-0.1, -0.05) is 42.0 Å². The number of nitrogens with one attached hydrogen (secondary N) is 3. The van der Waals surface area contributed by atoms with E-state index in [4.69, 9.17) is 0 Å². The van der Waals surface area contributed by atoms with Gasteiger partial charge in [-0.15, -0.1) is 0 Å². The third kappa shape index (κ3) is 5.57. The van der Waals surface area contributed by atoms with Crippen molar-refractivity contribution in [3.05, 3.63) is 88.5 Å². The molecule has 6 heteroatoms. The van der Waals surface area contributed by atoms with E-state index in [0.717, 1.165) is 54.0 Å². The molecule has 34 heavy (non-hydrogen) atoms. The highest BCUT2D eigenvalue weighted by atomic mass is 16.2. The molecule has 0 spiro atoms. The van der Waals surface area contributed by atoms with E-state index in [0.29, 0.717) is 17.8 Å². The summed E-state index contributed by atoms with van der Waals surface area (Å²) < 4.78 is 0. The summed E-state index contributed by atoms with van der Waals surface area (Å²) in [5.74, 6) is -0.175. The monoisotopic (exact) mass is 456 g/mol. The lowest BCUT2D eigenvalue weighted by Gasteiger charge is -2.22. The molecule has 3 amide bonds. The summed E-state index contributed by atoms with van der Waals surface area (Å²) in [5, 5.41) is 8.91. The van der Waals surface area contributed by atoms with E-state index in [-0.39, 0.29) is 11.9 Å². The van der Waals surface area contributed by atoms with Gasteiger partial charge in [-0.2, -0.15) is 0 Å². The number of aryl methyl sites for hydroxylation is 2. The van der Waals surface area contributed by atoms with Gasteiger partial charge in [-0.3, -0.25) is 4.79 Å². The van der Waals surface area contributed by atoms with Crippen LogP contribution in [0.1, 0.15) is 45.5 Å². The Morgan fingerprint density at radius 1 is 0.853 bits per heavy atom. The molecule has 6 nitrogen and oxygen atoms in total. The van der Waals surface area contributed by atoms with Gasteiger partial charge >= 0.3 is 6.03 Å². The smallest absolute Gasteiger partial charge is 0.323 e. The topological polar surface area (TPSA) is 73.5 Å². The first-order chi connectivity index (χ1) is 16.4. The number of nitrogens with zero attached hydrogens (tertiary/aromatic N) is 1. The molecule has 1 aliphatic heterocycles. The van der Waals surface area contributed by atoms with Gasteiger partial charge in [-0.25, -0.2) is 4.79 Å². The van der Waals surface area contributed by atoms with Crippen molar-refractivity contribution in [1.29, 1.82) is 0 Å². The Morgan fingerprint density at radius 2 is 1.56 bits per heavy atom. The molecule has 0 bridgehead atoms. The van der Waals surface area contributed by atoms with Gasteiger partial charge in [0, 0.05) is 30.9 Å². The summed E-state index contributed by atoms with van der Waals surface area (Å²) in [5.41, 5.74) is 7.21. The summed E-state index contributed by atoms with van der Waals surface area (Å²) in [6.45, 7) is 8.36. The van der Waals surface area contributed by atoms with E-state index < -0.39 is 0 Å². The predicted molar refractivity (Wildman–Crippen MR) is 139 cm³/mol. The lowest BCUT2D eigenvalue weighted by molar-refractivity contribution is 0.0951. The maximum Gasteiger partial charge on any atom is 0.323 e. The summed E-state index contributed by atoms with van der Waals surface area (Å²) in [6, 6.07) is 19.1. The van der Waals surface area contributed by atoms with Crippen LogP contribution in [0.15, 0.2) is 60.7 Å². The minimum absolute atomic E-state index is 0.175. The Bertz CT molecular complexity index is 1180. The molecule has 3 aromatic rings. The highest BCUT2D eigenvalue weighted by Gasteiger charge is 2.19. The number of hydrogen-bond donors (Lipinski definition) is 3. The van der Waals surface area contributed by atoms with Crippen LogP contribution in [0, 0.1) is 20.8 Å². The Balaban J connectivity index is 1.52. The van der Waals surface area contributed by atoms with Gasteiger partial charge in [0.05, 0.1) is 11.4 Å². The maximum absolute atomic E-state index is 12.9. The molecule has 0 atom stereocenters. The quantitative estimate of drug-likeness (QED) is 0.440. The second kappa shape index (κ2) is 10.4. The molecule has 1 fully saturated rings. The number of rotatable bonds is 6. The SMILES string of the molecule is Cc1ccc(CNC(=O)c2ccc(N3CCCC3)c(NC(=O)Nc3cccc(C)c3C)c2)cc1. The molecule has 176 valence electrons. The predicted octanol–water partition coefficient (Wildman–Crippen LogP) is 5.79.